The van der Waals surface area contributed by atoms with Gasteiger partial charge in [-0.15, -0.1) is 0 Å². The normalized spacial score (nSPS) is 34.6. The van der Waals surface area contributed by atoms with E-state index < -0.39 is 0 Å². The van der Waals surface area contributed by atoms with Gasteiger partial charge in [0.1, 0.15) is 0 Å². The van der Waals surface area contributed by atoms with Crippen LogP contribution in [0.25, 0.3) is 0 Å². The van der Waals surface area contributed by atoms with Gasteiger partial charge in [-0.25, -0.2) is 0 Å². The van der Waals surface area contributed by atoms with Gasteiger partial charge in [-0.05, 0) is 33.6 Å². The highest BCUT2D eigenvalue weighted by molar-refractivity contribution is 4.82. The number of hydrogen-bond donors (Lipinski definition) is 1. The average molecular weight is 156 g/mol. The lowest BCUT2D eigenvalue weighted by Crippen LogP contribution is -2.50. The molecule has 2 heteroatoms. The zero-order chi connectivity index (χ0) is 8.43. The minimum absolute atomic E-state index is 0.411. The zero-order valence-corrected chi connectivity index (χ0v) is 7.88. The lowest BCUT2D eigenvalue weighted by atomic mass is 9.99. The summed E-state index contributed by atoms with van der Waals surface area (Å²) in [6, 6.07) is 1.79. The van der Waals surface area contributed by atoms with Crippen molar-refractivity contribution >= 4 is 0 Å². The Kier molecular flexibility index (Phi) is 2.90. The summed E-state index contributed by atoms with van der Waals surface area (Å²) in [5, 5.41) is 0. The van der Waals surface area contributed by atoms with Crippen LogP contribution in [0.4, 0.5) is 0 Å². The number of piperidine rings is 1. The van der Waals surface area contributed by atoms with E-state index >= 15 is 0 Å². The second kappa shape index (κ2) is 3.55. The van der Waals surface area contributed by atoms with Crippen LogP contribution in [0.15, 0.2) is 0 Å². The monoisotopic (exact) mass is 156 g/mol. The van der Waals surface area contributed by atoms with E-state index in [0.717, 1.165) is 12.6 Å². The maximum absolute atomic E-state index is 5.88. The summed E-state index contributed by atoms with van der Waals surface area (Å²) in [5.41, 5.74) is 5.88. The molecule has 1 heterocycles. The maximum atomic E-state index is 5.88. The van der Waals surface area contributed by atoms with Gasteiger partial charge in [-0.3, -0.25) is 4.90 Å². The molecule has 1 rings (SSSR count). The van der Waals surface area contributed by atoms with E-state index in [1.807, 2.05) is 0 Å². The first-order valence-corrected chi connectivity index (χ1v) is 4.62. The van der Waals surface area contributed by atoms with Gasteiger partial charge in [0.15, 0.2) is 0 Å². The molecule has 2 atom stereocenters. The average Bonchev–Trinajstić information content (AvgIpc) is 1.94. The standard InChI is InChI=1S/C9H20N2/c1-7(2)11-6-9(10)5-4-8(11)3/h7-9H,4-6,10H2,1-3H3. The smallest absolute Gasteiger partial charge is 0.0168 e. The first-order chi connectivity index (χ1) is 5.11. The molecular formula is C9H20N2. The van der Waals surface area contributed by atoms with Gasteiger partial charge in [-0.1, -0.05) is 0 Å². The Labute approximate surface area is 69.8 Å². The molecule has 11 heavy (non-hydrogen) atoms. The molecule has 0 aromatic carbocycles. The first kappa shape index (κ1) is 9.01. The summed E-state index contributed by atoms with van der Waals surface area (Å²) < 4.78 is 0. The molecule has 0 aromatic rings. The molecule has 2 nitrogen and oxygen atoms in total. The Hall–Kier alpha value is -0.0800. The summed E-state index contributed by atoms with van der Waals surface area (Å²) in [4.78, 5) is 2.49. The van der Waals surface area contributed by atoms with E-state index in [1.165, 1.54) is 12.8 Å². The van der Waals surface area contributed by atoms with Crippen molar-refractivity contribution in [2.75, 3.05) is 6.54 Å². The van der Waals surface area contributed by atoms with Crippen molar-refractivity contribution in [3.8, 4) is 0 Å². The molecule has 66 valence electrons. The largest absolute Gasteiger partial charge is 0.327 e. The second-order valence-electron chi connectivity index (χ2n) is 3.98. The van der Waals surface area contributed by atoms with E-state index in [1.54, 1.807) is 0 Å². The zero-order valence-electron chi connectivity index (χ0n) is 7.88. The van der Waals surface area contributed by atoms with Crippen molar-refractivity contribution in [2.45, 2.75) is 51.7 Å². The van der Waals surface area contributed by atoms with Crippen LogP contribution in [0.3, 0.4) is 0 Å². The first-order valence-electron chi connectivity index (χ1n) is 4.62. The van der Waals surface area contributed by atoms with Gasteiger partial charge >= 0.3 is 0 Å². The molecular weight excluding hydrogens is 136 g/mol. The van der Waals surface area contributed by atoms with Crippen LogP contribution in [0.5, 0.6) is 0 Å². The molecule has 1 saturated heterocycles. The Morgan fingerprint density at radius 3 is 2.45 bits per heavy atom. The molecule has 0 saturated carbocycles. The van der Waals surface area contributed by atoms with Crippen molar-refractivity contribution in [3.63, 3.8) is 0 Å². The van der Waals surface area contributed by atoms with E-state index in [4.69, 9.17) is 5.73 Å². The van der Waals surface area contributed by atoms with Gasteiger partial charge in [0.2, 0.25) is 0 Å². The molecule has 0 spiro atoms. The van der Waals surface area contributed by atoms with Crippen molar-refractivity contribution in [3.05, 3.63) is 0 Å². The molecule has 1 fully saturated rings. The topological polar surface area (TPSA) is 29.3 Å². The lowest BCUT2D eigenvalue weighted by Gasteiger charge is -2.39. The van der Waals surface area contributed by atoms with Crippen LogP contribution in [0.1, 0.15) is 33.6 Å². The van der Waals surface area contributed by atoms with E-state index in [9.17, 15) is 0 Å². The Balaban J connectivity index is 2.47. The summed E-state index contributed by atoms with van der Waals surface area (Å²) in [5.74, 6) is 0. The van der Waals surface area contributed by atoms with Crippen LogP contribution in [-0.4, -0.2) is 29.6 Å². The molecule has 0 aliphatic carbocycles. The summed E-state index contributed by atoms with van der Waals surface area (Å²) in [6.07, 6.45) is 2.46. The highest BCUT2D eigenvalue weighted by Crippen LogP contribution is 2.17. The van der Waals surface area contributed by atoms with Crippen molar-refractivity contribution in [2.24, 2.45) is 5.73 Å². The summed E-state index contributed by atoms with van der Waals surface area (Å²) in [6.45, 7) is 7.87. The third kappa shape index (κ3) is 2.17. The number of nitrogens with zero attached hydrogens (tertiary/aromatic N) is 1. The van der Waals surface area contributed by atoms with Gasteiger partial charge < -0.3 is 5.73 Å². The third-order valence-corrected chi connectivity index (χ3v) is 2.63. The summed E-state index contributed by atoms with van der Waals surface area (Å²) >= 11 is 0. The van der Waals surface area contributed by atoms with Crippen LogP contribution in [0.2, 0.25) is 0 Å². The van der Waals surface area contributed by atoms with Gasteiger partial charge in [-0.2, -0.15) is 0 Å². The molecule has 0 bridgehead atoms. The molecule has 1 aliphatic rings. The Morgan fingerprint density at radius 2 is 2.00 bits per heavy atom. The van der Waals surface area contributed by atoms with E-state index in [2.05, 4.69) is 25.7 Å². The maximum Gasteiger partial charge on any atom is 0.0168 e. The molecule has 0 aromatic heterocycles. The fourth-order valence-corrected chi connectivity index (χ4v) is 1.88. The Bertz CT molecular complexity index is 123. The highest BCUT2D eigenvalue weighted by Gasteiger charge is 2.24. The second-order valence-corrected chi connectivity index (χ2v) is 3.98. The molecule has 2 N–H and O–H groups in total. The van der Waals surface area contributed by atoms with Crippen LogP contribution >= 0.6 is 0 Å². The number of likely N-dealkylation sites (tertiary alicyclic amines) is 1. The van der Waals surface area contributed by atoms with Crippen molar-refractivity contribution in [1.29, 1.82) is 0 Å². The minimum Gasteiger partial charge on any atom is -0.327 e. The van der Waals surface area contributed by atoms with Gasteiger partial charge in [0, 0.05) is 24.7 Å². The number of nitrogens with two attached hydrogens (primary N) is 1. The van der Waals surface area contributed by atoms with Crippen molar-refractivity contribution < 1.29 is 0 Å². The number of rotatable bonds is 1. The van der Waals surface area contributed by atoms with E-state index in [0.29, 0.717) is 12.1 Å². The van der Waals surface area contributed by atoms with Crippen LogP contribution in [-0.2, 0) is 0 Å². The fourth-order valence-electron chi connectivity index (χ4n) is 1.88. The van der Waals surface area contributed by atoms with Crippen LogP contribution < -0.4 is 5.73 Å². The predicted octanol–water partition coefficient (Wildman–Crippen LogP) is 1.21. The predicted molar refractivity (Wildman–Crippen MR) is 48.5 cm³/mol. The summed E-state index contributed by atoms with van der Waals surface area (Å²) in [7, 11) is 0. The molecule has 1 aliphatic heterocycles. The minimum atomic E-state index is 0.411. The van der Waals surface area contributed by atoms with Gasteiger partial charge in [0.25, 0.3) is 0 Å². The Morgan fingerprint density at radius 1 is 1.36 bits per heavy atom. The third-order valence-electron chi connectivity index (χ3n) is 2.63. The lowest BCUT2D eigenvalue weighted by molar-refractivity contribution is 0.111. The highest BCUT2D eigenvalue weighted by atomic mass is 15.2. The fraction of sp³-hybridized carbons (Fsp3) is 1.00. The SMILES string of the molecule is CC(C)N1CC(N)CCC1C. The van der Waals surface area contributed by atoms with Crippen molar-refractivity contribution in [1.82, 2.24) is 4.90 Å². The molecule has 2 unspecified atom stereocenters. The molecule has 0 radical (unpaired) electrons. The molecule has 0 amide bonds. The quantitative estimate of drug-likeness (QED) is 0.618. The number of hydrogen-bond acceptors (Lipinski definition) is 2. The van der Waals surface area contributed by atoms with Gasteiger partial charge in [0.05, 0.1) is 0 Å². The van der Waals surface area contributed by atoms with E-state index in [-0.39, 0.29) is 0 Å². The van der Waals surface area contributed by atoms with Crippen LogP contribution in [0, 0.1) is 0 Å².